The number of ether oxygens (including phenoxy) is 1. The van der Waals surface area contributed by atoms with E-state index in [1.54, 1.807) is 35.3 Å². The maximum absolute atomic E-state index is 13.3. The lowest BCUT2D eigenvalue weighted by molar-refractivity contribution is -0.155. The summed E-state index contributed by atoms with van der Waals surface area (Å²) in [4.78, 5) is 30.9. The molecular weight excluding hydrogens is 510 g/mol. The third-order valence-corrected chi connectivity index (χ3v) is 8.04. The number of aromatic nitrogens is 2. The van der Waals surface area contributed by atoms with Crippen LogP contribution in [-0.2, 0) is 9.53 Å². The van der Waals surface area contributed by atoms with Gasteiger partial charge < -0.3 is 9.84 Å². The first-order valence-corrected chi connectivity index (χ1v) is 13.3. The van der Waals surface area contributed by atoms with Gasteiger partial charge in [0.15, 0.2) is 6.10 Å². The molecule has 0 spiro atoms. The van der Waals surface area contributed by atoms with E-state index < -0.39 is 17.7 Å². The molecule has 2 aliphatic rings. The number of benzene rings is 1. The summed E-state index contributed by atoms with van der Waals surface area (Å²) in [5.41, 5.74) is 2.09. The van der Waals surface area contributed by atoms with E-state index >= 15 is 0 Å². The van der Waals surface area contributed by atoms with Crippen molar-refractivity contribution in [1.29, 1.82) is 0 Å². The second kappa shape index (κ2) is 9.76. The number of pyridine rings is 2. The number of halogens is 1. The molecular formula is C28H28ClN3O4S. The lowest BCUT2D eigenvalue weighted by atomic mass is 9.82. The van der Waals surface area contributed by atoms with Gasteiger partial charge >= 0.3 is 5.97 Å². The van der Waals surface area contributed by atoms with Gasteiger partial charge in [0, 0.05) is 34.6 Å². The highest BCUT2D eigenvalue weighted by Gasteiger charge is 2.42. The van der Waals surface area contributed by atoms with Gasteiger partial charge in [-0.3, -0.25) is 19.7 Å². The molecule has 3 aromatic rings. The average Bonchev–Trinajstić information content (AvgIpc) is 3.25. The number of aliphatic carboxylic acids is 1. The molecule has 1 aliphatic carbocycles. The summed E-state index contributed by atoms with van der Waals surface area (Å²) in [7, 11) is 0. The molecule has 192 valence electrons. The zero-order valence-corrected chi connectivity index (χ0v) is 22.6. The first kappa shape index (κ1) is 25.7. The summed E-state index contributed by atoms with van der Waals surface area (Å²) in [6.45, 7) is 7.50. The van der Waals surface area contributed by atoms with Crippen LogP contribution in [0.1, 0.15) is 45.2 Å². The van der Waals surface area contributed by atoms with Gasteiger partial charge in [-0.15, -0.1) is 0 Å². The number of carboxylic acids is 1. The van der Waals surface area contributed by atoms with Crippen LogP contribution in [0, 0.1) is 0 Å². The summed E-state index contributed by atoms with van der Waals surface area (Å²) in [6, 6.07) is 11.0. The van der Waals surface area contributed by atoms with Crippen molar-refractivity contribution in [1.82, 2.24) is 14.9 Å². The molecule has 1 fully saturated rings. The quantitative estimate of drug-likeness (QED) is 0.437. The molecule has 0 amide bonds. The van der Waals surface area contributed by atoms with Crippen molar-refractivity contribution < 1.29 is 14.6 Å². The standard InChI is InChI=1S/C28H28ClN3O4S/c1-15-13-20-24(37-27(31-20)32-12-10-16-9-11-30-14-19(16)25(32)33)22(17-5-7-18(29)8-6-17)21(15)23(26(34)35)36-28(2,3)4/h5-12,14,20,23,27,31H,13H2,1-4H3,(H,34,35)/t20?,23-,27?/m0/s1. The maximum Gasteiger partial charge on any atom is 0.337 e. The van der Waals surface area contributed by atoms with Gasteiger partial charge in [-0.1, -0.05) is 41.1 Å². The van der Waals surface area contributed by atoms with E-state index in [0.717, 1.165) is 27.0 Å². The zero-order chi connectivity index (χ0) is 26.5. The predicted octanol–water partition coefficient (Wildman–Crippen LogP) is 5.61. The number of nitrogens with zero attached hydrogens (tertiary/aromatic N) is 2. The Balaban J connectivity index is 1.65. The first-order chi connectivity index (χ1) is 17.5. The molecule has 5 rings (SSSR count). The molecule has 1 aliphatic heterocycles. The van der Waals surface area contributed by atoms with E-state index in [-0.39, 0.29) is 17.1 Å². The normalized spacial score (nSPS) is 20.9. The van der Waals surface area contributed by atoms with E-state index in [1.807, 2.05) is 52.0 Å². The number of thioether (sulfide) groups is 1. The van der Waals surface area contributed by atoms with E-state index in [0.29, 0.717) is 22.4 Å². The van der Waals surface area contributed by atoms with Crippen molar-refractivity contribution in [2.75, 3.05) is 0 Å². The lowest BCUT2D eigenvalue weighted by Gasteiger charge is -2.33. The molecule has 0 bridgehead atoms. The van der Waals surface area contributed by atoms with E-state index in [9.17, 15) is 14.7 Å². The highest BCUT2D eigenvalue weighted by atomic mass is 35.5. The number of hydrogen-bond acceptors (Lipinski definition) is 6. The number of fused-ring (bicyclic) bond motifs is 2. The topological polar surface area (TPSA) is 93.4 Å². The molecule has 3 heterocycles. The van der Waals surface area contributed by atoms with Crippen molar-refractivity contribution in [3.05, 3.63) is 92.0 Å². The Morgan fingerprint density at radius 2 is 1.97 bits per heavy atom. The minimum Gasteiger partial charge on any atom is -0.479 e. The van der Waals surface area contributed by atoms with Crippen LogP contribution in [0.15, 0.2) is 75.8 Å². The number of carbonyl (C=O) groups is 1. The molecule has 0 saturated carbocycles. The maximum atomic E-state index is 13.3. The minimum atomic E-state index is -1.15. The van der Waals surface area contributed by atoms with Crippen molar-refractivity contribution in [2.45, 2.75) is 57.4 Å². The molecule has 0 radical (unpaired) electrons. The van der Waals surface area contributed by atoms with Crippen molar-refractivity contribution in [2.24, 2.45) is 0 Å². The molecule has 2 N–H and O–H groups in total. The molecule has 3 atom stereocenters. The van der Waals surface area contributed by atoms with Gasteiger partial charge in [-0.05, 0) is 80.5 Å². The Kier molecular flexibility index (Phi) is 6.79. The Morgan fingerprint density at radius 1 is 1.24 bits per heavy atom. The Morgan fingerprint density at radius 3 is 2.65 bits per heavy atom. The van der Waals surface area contributed by atoms with Crippen molar-refractivity contribution in [3.63, 3.8) is 0 Å². The zero-order valence-electron chi connectivity index (χ0n) is 21.0. The fourth-order valence-corrected chi connectivity index (χ4v) is 6.44. The molecule has 9 heteroatoms. The second-order valence-corrected chi connectivity index (χ2v) is 11.8. The van der Waals surface area contributed by atoms with Crippen LogP contribution in [-0.4, -0.2) is 38.4 Å². The number of carboxylic acid groups (broad SMARTS) is 1. The third kappa shape index (κ3) is 4.99. The van der Waals surface area contributed by atoms with Gasteiger partial charge in [0.25, 0.3) is 5.56 Å². The average molecular weight is 538 g/mol. The molecule has 37 heavy (non-hydrogen) atoms. The first-order valence-electron chi connectivity index (χ1n) is 12.0. The number of hydrogen-bond donors (Lipinski definition) is 2. The molecule has 7 nitrogen and oxygen atoms in total. The summed E-state index contributed by atoms with van der Waals surface area (Å²) in [5.74, 6) is -1.04. The van der Waals surface area contributed by atoms with Crippen molar-refractivity contribution in [3.8, 4) is 0 Å². The third-order valence-electron chi connectivity index (χ3n) is 6.46. The molecule has 1 aromatic carbocycles. The van der Waals surface area contributed by atoms with Crippen LogP contribution < -0.4 is 10.9 Å². The lowest BCUT2D eigenvalue weighted by Crippen LogP contribution is -2.38. The van der Waals surface area contributed by atoms with Crippen molar-refractivity contribution >= 4 is 45.7 Å². The smallest absolute Gasteiger partial charge is 0.337 e. The molecule has 2 aromatic heterocycles. The predicted molar refractivity (Wildman–Crippen MR) is 148 cm³/mol. The van der Waals surface area contributed by atoms with Gasteiger partial charge in [0.1, 0.15) is 5.50 Å². The largest absolute Gasteiger partial charge is 0.479 e. The van der Waals surface area contributed by atoms with Crippen LogP contribution in [0.5, 0.6) is 0 Å². The summed E-state index contributed by atoms with van der Waals surface area (Å²) >= 11 is 7.71. The SMILES string of the molecule is CC1=C([C@H](OC(C)(C)C)C(=O)O)C(c2ccc(Cl)cc2)=C2SC(n3ccc4ccncc4c3=O)NC2C1. The Bertz CT molecular complexity index is 1500. The number of rotatable bonds is 5. The van der Waals surface area contributed by atoms with Crippen LogP contribution in [0.25, 0.3) is 16.3 Å². The van der Waals surface area contributed by atoms with E-state index in [4.69, 9.17) is 16.3 Å². The van der Waals surface area contributed by atoms with E-state index in [1.165, 1.54) is 11.8 Å². The van der Waals surface area contributed by atoms with Crippen LogP contribution >= 0.6 is 23.4 Å². The van der Waals surface area contributed by atoms with Crippen LogP contribution in [0.2, 0.25) is 5.02 Å². The van der Waals surface area contributed by atoms with Crippen LogP contribution in [0.4, 0.5) is 0 Å². The minimum absolute atomic E-state index is 0.0787. The van der Waals surface area contributed by atoms with Gasteiger partial charge in [-0.2, -0.15) is 0 Å². The summed E-state index contributed by atoms with van der Waals surface area (Å²) < 4.78 is 7.78. The summed E-state index contributed by atoms with van der Waals surface area (Å²) in [6.07, 6.45) is 4.50. The highest BCUT2D eigenvalue weighted by molar-refractivity contribution is 8.03. The van der Waals surface area contributed by atoms with Gasteiger partial charge in [-0.25, -0.2) is 4.79 Å². The Labute approximate surface area is 224 Å². The monoisotopic (exact) mass is 537 g/mol. The Hall–Kier alpha value is -2.91. The fraction of sp³-hybridized carbons (Fsp3) is 0.321. The fourth-order valence-electron chi connectivity index (χ4n) is 4.91. The summed E-state index contributed by atoms with van der Waals surface area (Å²) in [5, 5.41) is 15.8. The van der Waals surface area contributed by atoms with E-state index in [2.05, 4.69) is 10.3 Å². The second-order valence-electron chi connectivity index (χ2n) is 10.3. The number of nitrogens with one attached hydrogen (secondary N) is 1. The molecule has 2 unspecified atom stereocenters. The highest BCUT2D eigenvalue weighted by Crippen LogP contribution is 2.50. The van der Waals surface area contributed by atoms with Crippen LogP contribution in [0.3, 0.4) is 0 Å². The molecule has 1 saturated heterocycles. The van der Waals surface area contributed by atoms with Gasteiger partial charge in [0.05, 0.1) is 11.0 Å². The van der Waals surface area contributed by atoms with Gasteiger partial charge in [0.2, 0.25) is 0 Å².